The lowest BCUT2D eigenvalue weighted by Gasteiger charge is -2.06. The van der Waals surface area contributed by atoms with Crippen LogP contribution >= 0.6 is 11.6 Å². The van der Waals surface area contributed by atoms with Gasteiger partial charge in [0.25, 0.3) is 5.56 Å². The van der Waals surface area contributed by atoms with Crippen molar-refractivity contribution in [3.63, 3.8) is 0 Å². The zero-order valence-corrected chi connectivity index (χ0v) is 10.7. The lowest BCUT2D eigenvalue weighted by atomic mass is 10.2. The van der Waals surface area contributed by atoms with Gasteiger partial charge in [-0.1, -0.05) is 29.8 Å². The molecular formula is C14H10ClN3O. The van der Waals surface area contributed by atoms with E-state index in [9.17, 15) is 4.79 Å². The third kappa shape index (κ3) is 2.35. The van der Waals surface area contributed by atoms with Crippen molar-refractivity contribution >= 4 is 22.5 Å². The van der Waals surface area contributed by atoms with Gasteiger partial charge >= 0.3 is 0 Å². The second-order valence-corrected chi connectivity index (χ2v) is 4.57. The van der Waals surface area contributed by atoms with Crippen LogP contribution in [0.3, 0.4) is 0 Å². The van der Waals surface area contributed by atoms with Crippen molar-refractivity contribution in [3.8, 4) is 0 Å². The number of halogens is 1. The molecule has 0 amide bonds. The molecule has 0 aliphatic rings. The van der Waals surface area contributed by atoms with Gasteiger partial charge in [0.15, 0.2) is 0 Å². The highest BCUT2D eigenvalue weighted by molar-refractivity contribution is 6.29. The Morgan fingerprint density at radius 1 is 1.11 bits per heavy atom. The molecule has 0 aliphatic carbocycles. The van der Waals surface area contributed by atoms with Gasteiger partial charge in [-0.05, 0) is 23.8 Å². The van der Waals surface area contributed by atoms with E-state index in [-0.39, 0.29) is 5.56 Å². The van der Waals surface area contributed by atoms with Crippen molar-refractivity contribution in [3.05, 3.63) is 70.0 Å². The highest BCUT2D eigenvalue weighted by Gasteiger charge is 2.04. The minimum absolute atomic E-state index is 0.0550. The maximum absolute atomic E-state index is 12.3. The van der Waals surface area contributed by atoms with Gasteiger partial charge in [-0.25, -0.2) is 9.97 Å². The first-order chi connectivity index (χ1) is 9.24. The summed E-state index contributed by atoms with van der Waals surface area (Å²) in [6.45, 7) is 0.431. The lowest BCUT2D eigenvalue weighted by molar-refractivity contribution is 0.745. The summed E-state index contributed by atoms with van der Waals surface area (Å²) >= 11 is 5.73. The summed E-state index contributed by atoms with van der Waals surface area (Å²) in [6, 6.07) is 10.8. The third-order valence-corrected chi connectivity index (χ3v) is 3.10. The van der Waals surface area contributed by atoms with E-state index < -0.39 is 0 Å². The van der Waals surface area contributed by atoms with E-state index in [1.165, 1.54) is 0 Å². The van der Waals surface area contributed by atoms with E-state index in [1.54, 1.807) is 29.2 Å². The highest BCUT2D eigenvalue weighted by atomic mass is 35.5. The molecule has 0 N–H and O–H groups in total. The zero-order chi connectivity index (χ0) is 13.2. The van der Waals surface area contributed by atoms with E-state index in [2.05, 4.69) is 9.97 Å². The minimum atomic E-state index is -0.0550. The molecule has 0 fully saturated rings. The van der Waals surface area contributed by atoms with Crippen molar-refractivity contribution in [2.45, 2.75) is 6.54 Å². The molecule has 5 heteroatoms. The number of para-hydroxylation sites is 1. The predicted octanol–water partition coefficient (Wildman–Crippen LogP) is 2.49. The maximum atomic E-state index is 12.3. The van der Waals surface area contributed by atoms with Crippen LogP contribution in [0.1, 0.15) is 5.56 Å². The van der Waals surface area contributed by atoms with E-state index in [1.807, 2.05) is 24.3 Å². The number of benzene rings is 1. The molecule has 0 saturated heterocycles. The van der Waals surface area contributed by atoms with Crippen molar-refractivity contribution < 1.29 is 0 Å². The van der Waals surface area contributed by atoms with Crippen LogP contribution in [0.15, 0.2) is 53.7 Å². The molecule has 0 spiro atoms. The zero-order valence-electron chi connectivity index (χ0n) is 9.95. The van der Waals surface area contributed by atoms with Crippen molar-refractivity contribution in [1.29, 1.82) is 0 Å². The monoisotopic (exact) mass is 271 g/mol. The molecule has 19 heavy (non-hydrogen) atoms. The molecule has 4 nitrogen and oxygen atoms in total. The quantitative estimate of drug-likeness (QED) is 0.673. The minimum Gasteiger partial charge on any atom is -0.294 e. The molecule has 0 radical (unpaired) electrons. The summed E-state index contributed by atoms with van der Waals surface area (Å²) in [7, 11) is 0. The number of hydrogen-bond acceptors (Lipinski definition) is 3. The molecule has 0 aliphatic heterocycles. The van der Waals surface area contributed by atoms with E-state index in [0.717, 1.165) is 5.56 Å². The Bertz CT molecular complexity index is 781. The first-order valence-electron chi connectivity index (χ1n) is 5.79. The average molecular weight is 272 g/mol. The van der Waals surface area contributed by atoms with Gasteiger partial charge in [0.05, 0.1) is 23.8 Å². The van der Waals surface area contributed by atoms with E-state index in [4.69, 9.17) is 11.6 Å². The van der Waals surface area contributed by atoms with Gasteiger partial charge < -0.3 is 0 Å². The van der Waals surface area contributed by atoms with Crippen LogP contribution in [-0.4, -0.2) is 14.5 Å². The average Bonchev–Trinajstić information content (AvgIpc) is 2.45. The van der Waals surface area contributed by atoms with E-state index in [0.29, 0.717) is 22.6 Å². The molecule has 94 valence electrons. The summed E-state index contributed by atoms with van der Waals surface area (Å²) in [5, 5.41) is 1.06. The summed E-state index contributed by atoms with van der Waals surface area (Å²) in [5.41, 5.74) is 1.56. The number of fused-ring (bicyclic) bond motifs is 1. The Labute approximate surface area is 114 Å². The first-order valence-corrected chi connectivity index (χ1v) is 6.16. The Balaban J connectivity index is 2.04. The van der Waals surface area contributed by atoms with Gasteiger partial charge in [0, 0.05) is 6.20 Å². The van der Waals surface area contributed by atoms with Gasteiger partial charge in [-0.2, -0.15) is 0 Å². The van der Waals surface area contributed by atoms with Crippen LogP contribution < -0.4 is 5.56 Å². The van der Waals surface area contributed by atoms with Gasteiger partial charge in [0.2, 0.25) is 0 Å². The largest absolute Gasteiger partial charge is 0.294 e. The summed E-state index contributed by atoms with van der Waals surface area (Å²) in [5.74, 6) is 0. The standard InChI is InChI=1S/C14H10ClN3O/c15-13-6-5-10(7-16-13)8-18-9-17-12-4-2-1-3-11(12)14(18)19/h1-7,9H,8H2. The van der Waals surface area contributed by atoms with Gasteiger partial charge in [-0.3, -0.25) is 9.36 Å². The Hall–Kier alpha value is -2.20. The maximum Gasteiger partial charge on any atom is 0.261 e. The fraction of sp³-hybridized carbons (Fsp3) is 0.0714. The van der Waals surface area contributed by atoms with Crippen LogP contribution in [0.25, 0.3) is 10.9 Å². The predicted molar refractivity (Wildman–Crippen MR) is 74.4 cm³/mol. The van der Waals surface area contributed by atoms with Crippen LogP contribution in [0.5, 0.6) is 0 Å². The number of hydrogen-bond donors (Lipinski definition) is 0. The Kier molecular flexibility index (Phi) is 3.01. The van der Waals surface area contributed by atoms with Gasteiger partial charge in [-0.15, -0.1) is 0 Å². The molecule has 0 unspecified atom stereocenters. The highest BCUT2D eigenvalue weighted by Crippen LogP contribution is 2.08. The van der Waals surface area contributed by atoms with Crippen molar-refractivity contribution in [2.75, 3.05) is 0 Å². The van der Waals surface area contributed by atoms with Crippen LogP contribution in [0.4, 0.5) is 0 Å². The van der Waals surface area contributed by atoms with Crippen LogP contribution in [0.2, 0.25) is 5.15 Å². The van der Waals surface area contributed by atoms with Crippen LogP contribution in [-0.2, 0) is 6.54 Å². The van der Waals surface area contributed by atoms with Gasteiger partial charge in [0.1, 0.15) is 5.15 Å². The molecule has 2 heterocycles. The molecular weight excluding hydrogens is 262 g/mol. The van der Waals surface area contributed by atoms with E-state index >= 15 is 0 Å². The lowest BCUT2D eigenvalue weighted by Crippen LogP contribution is -2.21. The molecule has 0 atom stereocenters. The third-order valence-electron chi connectivity index (χ3n) is 2.87. The number of rotatable bonds is 2. The molecule has 3 aromatic rings. The second kappa shape index (κ2) is 4.82. The fourth-order valence-electron chi connectivity index (χ4n) is 1.92. The number of pyridine rings is 1. The SMILES string of the molecule is O=c1c2ccccc2ncn1Cc1ccc(Cl)nc1. The van der Waals surface area contributed by atoms with Crippen molar-refractivity contribution in [1.82, 2.24) is 14.5 Å². The van der Waals surface area contributed by atoms with Crippen LogP contribution in [0, 0.1) is 0 Å². The summed E-state index contributed by atoms with van der Waals surface area (Å²) in [6.07, 6.45) is 3.21. The second-order valence-electron chi connectivity index (χ2n) is 4.18. The molecule has 2 aromatic heterocycles. The number of aromatic nitrogens is 3. The smallest absolute Gasteiger partial charge is 0.261 e. The first kappa shape index (κ1) is 11.9. The number of nitrogens with zero attached hydrogens (tertiary/aromatic N) is 3. The molecule has 0 saturated carbocycles. The molecule has 3 rings (SSSR count). The molecule has 1 aromatic carbocycles. The Morgan fingerprint density at radius 3 is 2.74 bits per heavy atom. The summed E-state index contributed by atoms with van der Waals surface area (Å²) in [4.78, 5) is 20.5. The Morgan fingerprint density at radius 2 is 1.95 bits per heavy atom. The molecule has 0 bridgehead atoms. The fourth-order valence-corrected chi connectivity index (χ4v) is 2.03. The topological polar surface area (TPSA) is 47.8 Å². The normalized spacial score (nSPS) is 10.8. The van der Waals surface area contributed by atoms with Crippen molar-refractivity contribution in [2.24, 2.45) is 0 Å². The summed E-state index contributed by atoms with van der Waals surface area (Å²) < 4.78 is 1.56.